The molecule has 0 atom stereocenters. The predicted octanol–water partition coefficient (Wildman–Crippen LogP) is 1.17. The number of anilines is 2. The molecule has 2 rings (SSSR count). The molecule has 4 N–H and O–H groups in total. The topological polar surface area (TPSA) is 110 Å². The Labute approximate surface area is 104 Å². The van der Waals surface area contributed by atoms with Gasteiger partial charge in [0.15, 0.2) is 0 Å². The number of carbonyl (C=O) groups excluding carboxylic acids is 1. The van der Waals surface area contributed by atoms with Gasteiger partial charge in [0.25, 0.3) is 5.91 Å². The van der Waals surface area contributed by atoms with Crippen LogP contribution in [0.3, 0.4) is 0 Å². The number of aromatic nitrogens is 4. The molecule has 18 heavy (non-hydrogen) atoms. The summed E-state index contributed by atoms with van der Waals surface area (Å²) in [4.78, 5) is 19.6. The maximum absolute atomic E-state index is 11.1. The van der Waals surface area contributed by atoms with Gasteiger partial charge in [0.1, 0.15) is 17.2 Å². The molecule has 94 valence electrons. The first-order valence-corrected chi connectivity index (χ1v) is 5.50. The Bertz CT molecular complexity index is 545. The van der Waals surface area contributed by atoms with Crippen molar-refractivity contribution in [3.63, 3.8) is 0 Å². The Morgan fingerprint density at radius 2 is 2.11 bits per heavy atom. The summed E-state index contributed by atoms with van der Waals surface area (Å²) >= 11 is 0. The van der Waals surface area contributed by atoms with E-state index in [1.807, 2.05) is 13.8 Å². The van der Waals surface area contributed by atoms with Crippen LogP contribution < -0.4 is 11.1 Å². The average Bonchev–Trinajstić information content (AvgIpc) is 2.78. The molecule has 0 aliphatic carbocycles. The number of nitrogens with two attached hydrogens (primary N) is 1. The largest absolute Gasteiger partial charge is 0.365 e. The smallest absolute Gasteiger partial charge is 0.254 e. The maximum Gasteiger partial charge on any atom is 0.254 e. The number of rotatable bonds is 4. The monoisotopic (exact) mass is 246 g/mol. The highest BCUT2D eigenvalue weighted by molar-refractivity contribution is 5.97. The Morgan fingerprint density at radius 3 is 2.67 bits per heavy atom. The fourth-order valence-corrected chi connectivity index (χ4v) is 1.40. The Morgan fingerprint density at radius 1 is 1.33 bits per heavy atom. The fraction of sp³-hybridized carbons (Fsp3) is 0.273. The second-order valence-electron chi connectivity index (χ2n) is 4.13. The SMILES string of the molecule is CC(C)c1cnc(Nc2[nH]ncc2C(N)=O)cn1. The van der Waals surface area contributed by atoms with Crippen LogP contribution in [0.5, 0.6) is 0 Å². The van der Waals surface area contributed by atoms with Crippen molar-refractivity contribution in [1.82, 2.24) is 20.2 Å². The van der Waals surface area contributed by atoms with Crippen molar-refractivity contribution in [2.75, 3.05) is 5.32 Å². The molecular formula is C11H14N6O. The number of amides is 1. The summed E-state index contributed by atoms with van der Waals surface area (Å²) in [6.07, 6.45) is 4.65. The van der Waals surface area contributed by atoms with Crippen molar-refractivity contribution < 1.29 is 4.79 Å². The number of hydrogen-bond donors (Lipinski definition) is 3. The van der Waals surface area contributed by atoms with E-state index in [4.69, 9.17) is 5.73 Å². The molecule has 0 aliphatic heterocycles. The molecule has 0 bridgehead atoms. The molecule has 0 spiro atoms. The lowest BCUT2D eigenvalue weighted by Gasteiger charge is -2.06. The Balaban J connectivity index is 2.18. The van der Waals surface area contributed by atoms with E-state index in [0.29, 0.717) is 17.6 Å². The van der Waals surface area contributed by atoms with Gasteiger partial charge >= 0.3 is 0 Å². The summed E-state index contributed by atoms with van der Waals surface area (Å²) in [5.74, 6) is 0.693. The zero-order chi connectivity index (χ0) is 13.1. The second-order valence-corrected chi connectivity index (χ2v) is 4.13. The summed E-state index contributed by atoms with van der Waals surface area (Å²) < 4.78 is 0. The van der Waals surface area contributed by atoms with Gasteiger partial charge in [0.2, 0.25) is 0 Å². The van der Waals surface area contributed by atoms with Gasteiger partial charge in [-0.25, -0.2) is 4.98 Å². The fourth-order valence-electron chi connectivity index (χ4n) is 1.40. The molecule has 1 amide bonds. The van der Waals surface area contributed by atoms with Gasteiger partial charge in [-0.05, 0) is 5.92 Å². The number of nitrogens with zero attached hydrogens (tertiary/aromatic N) is 3. The number of hydrogen-bond acceptors (Lipinski definition) is 5. The number of H-pyrrole nitrogens is 1. The number of carbonyl (C=O) groups is 1. The van der Waals surface area contributed by atoms with Crippen molar-refractivity contribution in [3.05, 3.63) is 29.8 Å². The van der Waals surface area contributed by atoms with Crippen LogP contribution in [0.4, 0.5) is 11.6 Å². The quantitative estimate of drug-likeness (QED) is 0.750. The van der Waals surface area contributed by atoms with Gasteiger partial charge in [0, 0.05) is 0 Å². The van der Waals surface area contributed by atoms with Crippen LogP contribution >= 0.6 is 0 Å². The molecule has 0 aromatic carbocycles. The first kappa shape index (κ1) is 12.0. The van der Waals surface area contributed by atoms with Crippen LogP contribution in [-0.2, 0) is 0 Å². The molecule has 7 heteroatoms. The molecule has 0 saturated heterocycles. The molecule has 0 radical (unpaired) electrons. The Kier molecular flexibility index (Phi) is 3.22. The first-order valence-electron chi connectivity index (χ1n) is 5.50. The van der Waals surface area contributed by atoms with Gasteiger partial charge in [-0.15, -0.1) is 0 Å². The van der Waals surface area contributed by atoms with Gasteiger partial charge in [-0.3, -0.25) is 14.9 Å². The zero-order valence-electron chi connectivity index (χ0n) is 10.1. The Hall–Kier alpha value is -2.44. The molecular weight excluding hydrogens is 232 g/mol. The van der Waals surface area contributed by atoms with E-state index in [0.717, 1.165) is 5.69 Å². The number of primary amides is 1. The van der Waals surface area contributed by atoms with E-state index in [1.54, 1.807) is 12.4 Å². The molecule has 0 unspecified atom stereocenters. The van der Waals surface area contributed by atoms with Gasteiger partial charge in [-0.1, -0.05) is 13.8 Å². The first-order chi connectivity index (χ1) is 8.58. The van der Waals surface area contributed by atoms with E-state index in [-0.39, 0.29) is 5.56 Å². The summed E-state index contributed by atoms with van der Waals surface area (Å²) in [6, 6.07) is 0. The van der Waals surface area contributed by atoms with Crippen molar-refractivity contribution in [2.45, 2.75) is 19.8 Å². The van der Waals surface area contributed by atoms with Gasteiger partial charge in [0.05, 0.1) is 24.3 Å². The van der Waals surface area contributed by atoms with E-state index >= 15 is 0 Å². The third-order valence-corrected chi connectivity index (χ3v) is 2.42. The highest BCUT2D eigenvalue weighted by atomic mass is 16.1. The molecule has 0 fully saturated rings. The minimum absolute atomic E-state index is 0.282. The van der Waals surface area contributed by atoms with Crippen LogP contribution in [0.15, 0.2) is 18.6 Å². The van der Waals surface area contributed by atoms with Crippen LogP contribution in [-0.4, -0.2) is 26.1 Å². The minimum atomic E-state index is -0.557. The molecule has 0 saturated carbocycles. The van der Waals surface area contributed by atoms with Crippen LogP contribution in [0.2, 0.25) is 0 Å². The maximum atomic E-state index is 11.1. The summed E-state index contributed by atoms with van der Waals surface area (Å²) in [6.45, 7) is 4.08. The van der Waals surface area contributed by atoms with Crippen LogP contribution in [0.1, 0.15) is 35.8 Å². The van der Waals surface area contributed by atoms with Gasteiger partial charge < -0.3 is 11.1 Å². The third kappa shape index (κ3) is 2.45. The van der Waals surface area contributed by atoms with E-state index < -0.39 is 5.91 Å². The van der Waals surface area contributed by atoms with Gasteiger partial charge in [-0.2, -0.15) is 5.10 Å². The predicted molar refractivity (Wildman–Crippen MR) is 66.5 cm³/mol. The summed E-state index contributed by atoms with van der Waals surface area (Å²) in [7, 11) is 0. The number of nitrogens with one attached hydrogen (secondary N) is 2. The summed E-state index contributed by atoms with van der Waals surface area (Å²) in [5.41, 5.74) is 6.39. The van der Waals surface area contributed by atoms with Crippen molar-refractivity contribution in [1.29, 1.82) is 0 Å². The average molecular weight is 246 g/mol. The standard InChI is InChI=1S/C11H14N6O/c1-6(2)8-4-14-9(5-13-8)16-11-7(10(12)18)3-15-17-11/h3-6H,1-2H3,(H2,12,18)(H2,14,15,16,17). The second kappa shape index (κ2) is 4.82. The minimum Gasteiger partial charge on any atom is -0.365 e. The van der Waals surface area contributed by atoms with Crippen LogP contribution in [0.25, 0.3) is 0 Å². The zero-order valence-corrected chi connectivity index (χ0v) is 10.1. The van der Waals surface area contributed by atoms with E-state index in [1.165, 1.54) is 6.20 Å². The lowest BCUT2D eigenvalue weighted by atomic mass is 10.1. The van der Waals surface area contributed by atoms with Crippen molar-refractivity contribution >= 4 is 17.5 Å². The molecule has 7 nitrogen and oxygen atoms in total. The van der Waals surface area contributed by atoms with E-state index in [9.17, 15) is 4.79 Å². The molecule has 2 aromatic rings. The third-order valence-electron chi connectivity index (χ3n) is 2.42. The molecule has 0 aliphatic rings. The summed E-state index contributed by atoms with van der Waals surface area (Å²) in [5, 5.41) is 9.30. The highest BCUT2D eigenvalue weighted by Gasteiger charge is 2.11. The lowest BCUT2D eigenvalue weighted by Crippen LogP contribution is -2.12. The lowest BCUT2D eigenvalue weighted by molar-refractivity contribution is 0.100. The van der Waals surface area contributed by atoms with Crippen molar-refractivity contribution in [2.24, 2.45) is 5.73 Å². The van der Waals surface area contributed by atoms with E-state index in [2.05, 4.69) is 25.5 Å². The van der Waals surface area contributed by atoms with Crippen LogP contribution in [0, 0.1) is 0 Å². The molecule has 2 aromatic heterocycles. The number of aromatic amines is 1. The normalized spacial score (nSPS) is 10.6. The van der Waals surface area contributed by atoms with Crippen molar-refractivity contribution in [3.8, 4) is 0 Å². The molecule has 2 heterocycles. The highest BCUT2D eigenvalue weighted by Crippen LogP contribution is 2.16.